The molecule has 2 aromatic heterocycles. The molecular formula is C11H12N6O2S. The second-order valence-electron chi connectivity index (χ2n) is 4.31. The Bertz CT molecular complexity index is 654. The first-order valence-corrected chi connectivity index (χ1v) is 6.81. The number of nitrogen functional groups attached to an aromatic ring is 1. The first-order chi connectivity index (χ1) is 9.70. The quantitative estimate of drug-likeness (QED) is 0.829. The third-order valence-corrected chi connectivity index (χ3v) is 3.87. The van der Waals surface area contributed by atoms with Gasteiger partial charge in [-0.3, -0.25) is 0 Å². The van der Waals surface area contributed by atoms with Gasteiger partial charge in [0.2, 0.25) is 5.16 Å². The summed E-state index contributed by atoms with van der Waals surface area (Å²) in [5.74, 6) is -0.492. The van der Waals surface area contributed by atoms with Crippen molar-refractivity contribution in [1.82, 2.24) is 25.2 Å². The second-order valence-corrected chi connectivity index (χ2v) is 5.26. The molecule has 0 atom stereocenters. The van der Waals surface area contributed by atoms with Crippen LogP contribution in [0.1, 0.15) is 29.2 Å². The molecule has 2 aromatic rings. The van der Waals surface area contributed by atoms with Crippen LogP contribution in [0.15, 0.2) is 22.4 Å². The molecule has 1 aliphatic rings. The van der Waals surface area contributed by atoms with Gasteiger partial charge >= 0.3 is 5.97 Å². The number of tetrazole rings is 1. The van der Waals surface area contributed by atoms with E-state index in [2.05, 4.69) is 25.2 Å². The van der Waals surface area contributed by atoms with Crippen molar-refractivity contribution in [3.63, 3.8) is 0 Å². The van der Waals surface area contributed by atoms with E-state index in [0.29, 0.717) is 16.2 Å². The van der Waals surface area contributed by atoms with Crippen LogP contribution in [0.3, 0.4) is 0 Å². The fraction of sp³-hybridized carbons (Fsp3) is 0.364. The van der Waals surface area contributed by atoms with Crippen LogP contribution in [-0.2, 0) is 4.74 Å². The van der Waals surface area contributed by atoms with Gasteiger partial charge in [-0.1, -0.05) is 0 Å². The largest absolute Gasteiger partial charge is 0.465 e. The van der Waals surface area contributed by atoms with Gasteiger partial charge in [-0.2, -0.15) is 0 Å². The van der Waals surface area contributed by atoms with Gasteiger partial charge in [0, 0.05) is 6.20 Å². The first-order valence-electron chi connectivity index (χ1n) is 5.99. The highest BCUT2D eigenvalue weighted by Gasteiger charge is 2.28. The van der Waals surface area contributed by atoms with E-state index in [4.69, 9.17) is 5.73 Å². The molecule has 0 bridgehead atoms. The van der Waals surface area contributed by atoms with Crippen LogP contribution in [0.2, 0.25) is 0 Å². The molecular weight excluding hydrogens is 280 g/mol. The van der Waals surface area contributed by atoms with Gasteiger partial charge in [-0.25, -0.2) is 14.5 Å². The number of aromatic nitrogens is 5. The normalized spacial score (nSPS) is 14.2. The van der Waals surface area contributed by atoms with E-state index in [1.54, 1.807) is 4.68 Å². The van der Waals surface area contributed by atoms with Crippen LogP contribution in [0.4, 0.5) is 5.69 Å². The summed E-state index contributed by atoms with van der Waals surface area (Å²) in [5.41, 5.74) is 6.52. The van der Waals surface area contributed by atoms with Gasteiger partial charge in [0.15, 0.2) is 0 Å². The molecule has 3 rings (SSSR count). The molecule has 2 heterocycles. The predicted octanol–water partition coefficient (Wildman–Crippen LogP) is 0.923. The van der Waals surface area contributed by atoms with Gasteiger partial charge in [0.05, 0.1) is 24.4 Å². The average molecular weight is 292 g/mol. The van der Waals surface area contributed by atoms with Gasteiger partial charge in [0.25, 0.3) is 0 Å². The highest BCUT2D eigenvalue weighted by atomic mass is 32.2. The number of hydrogen-bond acceptors (Lipinski definition) is 8. The fourth-order valence-electron chi connectivity index (χ4n) is 1.71. The predicted molar refractivity (Wildman–Crippen MR) is 70.2 cm³/mol. The zero-order valence-electron chi connectivity index (χ0n) is 10.7. The van der Waals surface area contributed by atoms with Crippen molar-refractivity contribution in [2.75, 3.05) is 12.8 Å². The molecule has 0 amide bonds. The summed E-state index contributed by atoms with van der Waals surface area (Å²) < 4.78 is 6.44. The smallest absolute Gasteiger partial charge is 0.340 e. The third kappa shape index (κ3) is 2.31. The van der Waals surface area contributed by atoms with Crippen LogP contribution in [0, 0.1) is 0 Å². The Balaban J connectivity index is 1.90. The Morgan fingerprint density at radius 1 is 1.55 bits per heavy atom. The minimum Gasteiger partial charge on any atom is -0.465 e. The number of esters is 1. The van der Waals surface area contributed by atoms with Crippen molar-refractivity contribution in [3.8, 4) is 0 Å². The van der Waals surface area contributed by atoms with Crippen molar-refractivity contribution in [2.24, 2.45) is 0 Å². The Hall–Kier alpha value is -2.16. The van der Waals surface area contributed by atoms with E-state index in [1.165, 1.54) is 31.1 Å². The third-order valence-electron chi connectivity index (χ3n) is 2.90. The Labute approximate surface area is 118 Å². The average Bonchev–Trinajstić information content (AvgIpc) is 3.20. The zero-order chi connectivity index (χ0) is 14.1. The Kier molecular flexibility index (Phi) is 3.26. The van der Waals surface area contributed by atoms with Crippen molar-refractivity contribution in [3.05, 3.63) is 17.8 Å². The highest BCUT2D eigenvalue weighted by Crippen LogP contribution is 2.38. The van der Waals surface area contributed by atoms with E-state index in [-0.39, 0.29) is 11.3 Å². The number of anilines is 1. The molecule has 9 heteroatoms. The molecule has 0 aromatic carbocycles. The minimum absolute atomic E-state index is 0.273. The highest BCUT2D eigenvalue weighted by molar-refractivity contribution is 7.99. The molecule has 0 unspecified atom stereocenters. The fourth-order valence-corrected chi connectivity index (χ4v) is 2.57. The summed E-state index contributed by atoms with van der Waals surface area (Å²) in [4.78, 5) is 15.8. The van der Waals surface area contributed by atoms with Crippen molar-refractivity contribution in [1.29, 1.82) is 0 Å². The van der Waals surface area contributed by atoms with Crippen LogP contribution < -0.4 is 5.73 Å². The van der Waals surface area contributed by atoms with Crippen molar-refractivity contribution in [2.45, 2.75) is 29.1 Å². The lowest BCUT2D eigenvalue weighted by Crippen LogP contribution is -2.07. The number of carbonyl (C=O) groups excluding carboxylic acids is 1. The number of ether oxygens (including phenoxy) is 1. The molecule has 20 heavy (non-hydrogen) atoms. The monoisotopic (exact) mass is 292 g/mol. The summed E-state index contributed by atoms with van der Waals surface area (Å²) in [6.07, 6.45) is 3.66. The lowest BCUT2D eigenvalue weighted by molar-refractivity contribution is 0.0601. The lowest BCUT2D eigenvalue weighted by Gasteiger charge is -2.07. The molecule has 104 valence electrons. The molecule has 0 spiro atoms. The molecule has 1 aliphatic carbocycles. The number of nitrogens with two attached hydrogens (primary N) is 1. The number of pyridine rings is 1. The van der Waals surface area contributed by atoms with E-state index < -0.39 is 5.97 Å². The maximum absolute atomic E-state index is 11.6. The van der Waals surface area contributed by atoms with Gasteiger partial charge < -0.3 is 10.5 Å². The summed E-state index contributed by atoms with van der Waals surface area (Å²) in [6.45, 7) is 0. The SMILES string of the molecule is COC(=O)c1ccnc(Sc2nnnn2C2CC2)c1N. The van der Waals surface area contributed by atoms with Crippen LogP contribution in [-0.4, -0.2) is 38.3 Å². The van der Waals surface area contributed by atoms with Gasteiger partial charge in [-0.15, -0.1) is 5.10 Å². The van der Waals surface area contributed by atoms with E-state index >= 15 is 0 Å². The topological polar surface area (TPSA) is 109 Å². The number of hydrogen-bond donors (Lipinski definition) is 1. The first kappa shape index (κ1) is 12.9. The molecule has 0 aliphatic heterocycles. The number of nitrogens with zero attached hydrogens (tertiary/aromatic N) is 5. The lowest BCUT2D eigenvalue weighted by atomic mass is 10.2. The Morgan fingerprint density at radius 3 is 3.05 bits per heavy atom. The van der Waals surface area contributed by atoms with E-state index in [9.17, 15) is 4.79 Å². The van der Waals surface area contributed by atoms with E-state index in [0.717, 1.165) is 12.8 Å². The molecule has 1 fully saturated rings. The Morgan fingerprint density at radius 2 is 2.35 bits per heavy atom. The maximum Gasteiger partial charge on any atom is 0.340 e. The van der Waals surface area contributed by atoms with E-state index in [1.807, 2.05) is 0 Å². The molecule has 2 N–H and O–H groups in total. The number of carbonyl (C=O) groups is 1. The van der Waals surface area contributed by atoms with Crippen LogP contribution >= 0.6 is 11.8 Å². The minimum atomic E-state index is -0.492. The van der Waals surface area contributed by atoms with Crippen LogP contribution in [0.5, 0.6) is 0 Å². The van der Waals surface area contributed by atoms with Crippen LogP contribution in [0.25, 0.3) is 0 Å². The van der Waals surface area contributed by atoms with Gasteiger partial charge in [-0.05, 0) is 41.1 Å². The second kappa shape index (κ2) is 5.08. The molecule has 8 nitrogen and oxygen atoms in total. The molecule has 1 saturated carbocycles. The standard InChI is InChI=1S/C11H12N6O2S/c1-19-10(18)7-4-5-13-9(8(7)12)20-11-14-15-16-17(11)6-2-3-6/h4-6H,2-3,12H2,1H3. The molecule has 0 radical (unpaired) electrons. The van der Waals surface area contributed by atoms with Crippen molar-refractivity contribution < 1.29 is 9.53 Å². The van der Waals surface area contributed by atoms with Gasteiger partial charge in [0.1, 0.15) is 5.03 Å². The summed E-state index contributed by atoms with van der Waals surface area (Å²) in [5, 5.41) is 12.7. The number of methoxy groups -OCH3 is 1. The summed E-state index contributed by atoms with van der Waals surface area (Å²) in [7, 11) is 1.31. The summed E-state index contributed by atoms with van der Waals surface area (Å²) >= 11 is 1.24. The zero-order valence-corrected chi connectivity index (χ0v) is 11.5. The number of rotatable bonds is 4. The molecule has 0 saturated heterocycles. The summed E-state index contributed by atoms with van der Waals surface area (Å²) in [6, 6.07) is 1.88. The maximum atomic E-state index is 11.6. The van der Waals surface area contributed by atoms with Crippen molar-refractivity contribution >= 4 is 23.4 Å².